The highest BCUT2D eigenvalue weighted by atomic mass is 35.5. The molecule has 3 N–H and O–H groups in total. The number of nitrogen functional groups attached to an aromatic ring is 1. The number of hydrogen-bond acceptors (Lipinski definition) is 5. The van der Waals surface area contributed by atoms with Gasteiger partial charge in [-0.2, -0.15) is 13.4 Å². The number of H-pyrrole nitrogens is 1. The molecule has 1 aromatic heterocycles. The lowest BCUT2D eigenvalue weighted by Gasteiger charge is -2.19. The number of nitrogens with two attached hydrogens (primary N) is 1. The molecule has 102 valence electrons. The lowest BCUT2D eigenvalue weighted by Crippen LogP contribution is -2.28. The third-order valence-electron chi connectivity index (χ3n) is 2.34. The van der Waals surface area contributed by atoms with Gasteiger partial charge in [-0.3, -0.25) is 4.31 Å². The highest BCUT2D eigenvalue weighted by Crippen LogP contribution is 2.35. The summed E-state index contributed by atoms with van der Waals surface area (Å²) < 4.78 is 25.5. The lowest BCUT2D eigenvalue weighted by atomic mass is 10.3. The van der Waals surface area contributed by atoms with Crippen LogP contribution in [0.25, 0.3) is 0 Å². The first-order valence-corrected chi connectivity index (χ1v) is 7.14. The molecule has 0 bridgehead atoms. The van der Waals surface area contributed by atoms with E-state index < -0.39 is 10.0 Å². The van der Waals surface area contributed by atoms with E-state index in [1.807, 2.05) is 0 Å². The number of nitrogens with one attached hydrogen (secondary N) is 1. The third kappa shape index (κ3) is 2.46. The molecule has 19 heavy (non-hydrogen) atoms. The van der Waals surface area contributed by atoms with Crippen molar-refractivity contribution in [3.8, 4) is 0 Å². The van der Waals surface area contributed by atoms with Gasteiger partial charge in [0.25, 0.3) is 15.2 Å². The Bertz CT molecular complexity index is 695. The summed E-state index contributed by atoms with van der Waals surface area (Å²) in [5.74, 6) is -0.169. The van der Waals surface area contributed by atoms with Crippen LogP contribution in [-0.4, -0.2) is 30.6 Å². The Morgan fingerprint density at radius 2 is 1.89 bits per heavy atom. The van der Waals surface area contributed by atoms with E-state index in [0.717, 1.165) is 4.31 Å². The number of rotatable bonds is 3. The fourth-order valence-corrected chi connectivity index (χ4v) is 3.23. The largest absolute Gasteiger partial charge is 0.366 e. The first-order valence-electron chi connectivity index (χ1n) is 4.95. The number of aromatic amines is 1. The van der Waals surface area contributed by atoms with Crippen molar-refractivity contribution in [3.63, 3.8) is 0 Å². The van der Waals surface area contributed by atoms with Gasteiger partial charge in [0.2, 0.25) is 5.95 Å². The van der Waals surface area contributed by atoms with Gasteiger partial charge in [0, 0.05) is 7.05 Å². The van der Waals surface area contributed by atoms with Crippen LogP contribution in [0.3, 0.4) is 0 Å². The Balaban J connectivity index is 2.53. The molecule has 1 aromatic carbocycles. The molecule has 0 saturated carbocycles. The summed E-state index contributed by atoms with van der Waals surface area (Å²) in [6.45, 7) is 0. The van der Waals surface area contributed by atoms with E-state index in [2.05, 4.69) is 15.2 Å². The molecule has 0 atom stereocenters. The molecule has 0 radical (unpaired) electrons. The summed E-state index contributed by atoms with van der Waals surface area (Å²) >= 11 is 11.9. The molecule has 10 heteroatoms. The number of hydrogen-bond donors (Lipinski definition) is 2. The van der Waals surface area contributed by atoms with Crippen LogP contribution in [0.1, 0.15) is 0 Å². The van der Waals surface area contributed by atoms with Crippen LogP contribution in [0.15, 0.2) is 23.4 Å². The molecule has 1 heterocycles. The van der Waals surface area contributed by atoms with Crippen LogP contribution in [0.4, 0.5) is 11.6 Å². The van der Waals surface area contributed by atoms with E-state index in [9.17, 15) is 8.42 Å². The van der Waals surface area contributed by atoms with Crippen LogP contribution in [0.5, 0.6) is 0 Å². The predicted molar refractivity (Wildman–Crippen MR) is 72.8 cm³/mol. The van der Waals surface area contributed by atoms with Gasteiger partial charge < -0.3 is 5.73 Å². The minimum atomic E-state index is -3.96. The molecular formula is C9H9Cl2N5O2S. The van der Waals surface area contributed by atoms with E-state index in [1.54, 1.807) is 6.07 Å². The van der Waals surface area contributed by atoms with Gasteiger partial charge in [-0.25, -0.2) is 5.10 Å². The standard InChI is InChI=1S/C9H9Cl2N5O2S/c1-16(7-5(10)3-2-4-6(7)11)19(17,18)9-13-8(12)14-15-9/h2-4H,1H3,(H3,12,13,14,15). The molecule has 0 spiro atoms. The Morgan fingerprint density at radius 1 is 1.32 bits per heavy atom. The Kier molecular flexibility index (Phi) is 3.57. The normalized spacial score (nSPS) is 11.5. The second-order valence-electron chi connectivity index (χ2n) is 3.54. The Labute approximate surface area is 119 Å². The van der Waals surface area contributed by atoms with E-state index in [-0.39, 0.29) is 26.8 Å². The monoisotopic (exact) mass is 321 g/mol. The van der Waals surface area contributed by atoms with E-state index in [0.29, 0.717) is 0 Å². The minimum Gasteiger partial charge on any atom is -0.366 e. The van der Waals surface area contributed by atoms with Crippen molar-refractivity contribution >= 4 is 44.9 Å². The summed E-state index contributed by atoms with van der Waals surface area (Å²) in [4.78, 5) is 3.58. The summed E-state index contributed by atoms with van der Waals surface area (Å²) in [6, 6.07) is 4.67. The maximum absolute atomic E-state index is 12.3. The zero-order valence-corrected chi connectivity index (χ0v) is 12.0. The van der Waals surface area contributed by atoms with Crippen LogP contribution in [0.2, 0.25) is 10.0 Å². The molecule has 7 nitrogen and oxygen atoms in total. The van der Waals surface area contributed by atoms with Crippen LogP contribution < -0.4 is 10.0 Å². The lowest BCUT2D eigenvalue weighted by molar-refractivity contribution is 0.586. The molecule has 0 amide bonds. The van der Waals surface area contributed by atoms with Gasteiger partial charge in [-0.15, -0.1) is 5.10 Å². The molecule has 0 aliphatic rings. The second kappa shape index (κ2) is 4.87. The number of aromatic nitrogens is 3. The van der Waals surface area contributed by atoms with Gasteiger partial charge in [0.05, 0.1) is 15.7 Å². The van der Waals surface area contributed by atoms with Crippen molar-refractivity contribution in [1.29, 1.82) is 0 Å². The van der Waals surface area contributed by atoms with Gasteiger partial charge >= 0.3 is 0 Å². The first-order chi connectivity index (χ1) is 8.84. The number of para-hydroxylation sites is 1. The molecule has 0 saturated heterocycles. The quantitative estimate of drug-likeness (QED) is 0.891. The van der Waals surface area contributed by atoms with Gasteiger partial charge in [-0.05, 0) is 12.1 Å². The molecular weight excluding hydrogens is 313 g/mol. The van der Waals surface area contributed by atoms with Gasteiger partial charge in [0.1, 0.15) is 0 Å². The van der Waals surface area contributed by atoms with Gasteiger partial charge in [-0.1, -0.05) is 29.3 Å². The number of anilines is 2. The average molecular weight is 322 g/mol. The molecule has 2 rings (SSSR count). The zero-order chi connectivity index (χ0) is 14.2. The van der Waals surface area contributed by atoms with E-state index in [4.69, 9.17) is 28.9 Å². The number of nitrogens with zero attached hydrogens (tertiary/aromatic N) is 3. The second-order valence-corrected chi connectivity index (χ2v) is 6.24. The van der Waals surface area contributed by atoms with Crippen molar-refractivity contribution in [3.05, 3.63) is 28.2 Å². The molecule has 0 aliphatic carbocycles. The summed E-state index contributed by atoms with van der Waals surface area (Å²) in [5.41, 5.74) is 5.44. The minimum absolute atomic E-state index is 0.154. The summed E-state index contributed by atoms with van der Waals surface area (Å²) in [5, 5.41) is 5.72. The summed E-state index contributed by atoms with van der Waals surface area (Å²) in [6.07, 6.45) is 0. The zero-order valence-electron chi connectivity index (χ0n) is 9.63. The number of benzene rings is 1. The predicted octanol–water partition coefficient (Wildman–Crippen LogP) is 1.52. The topological polar surface area (TPSA) is 105 Å². The van der Waals surface area contributed by atoms with Gasteiger partial charge in [0.15, 0.2) is 0 Å². The van der Waals surface area contributed by atoms with Crippen LogP contribution in [-0.2, 0) is 10.0 Å². The van der Waals surface area contributed by atoms with E-state index in [1.165, 1.54) is 19.2 Å². The van der Waals surface area contributed by atoms with Crippen molar-refractivity contribution in [2.75, 3.05) is 17.1 Å². The van der Waals surface area contributed by atoms with Crippen molar-refractivity contribution in [2.45, 2.75) is 5.16 Å². The van der Waals surface area contributed by atoms with Crippen LogP contribution >= 0.6 is 23.2 Å². The third-order valence-corrected chi connectivity index (χ3v) is 4.52. The highest BCUT2D eigenvalue weighted by molar-refractivity contribution is 7.92. The smallest absolute Gasteiger partial charge is 0.299 e. The van der Waals surface area contributed by atoms with Crippen molar-refractivity contribution in [2.24, 2.45) is 0 Å². The Hall–Kier alpha value is -1.51. The fraction of sp³-hybridized carbons (Fsp3) is 0.111. The van der Waals surface area contributed by atoms with Crippen LogP contribution in [0, 0.1) is 0 Å². The molecule has 0 unspecified atom stereocenters. The highest BCUT2D eigenvalue weighted by Gasteiger charge is 2.28. The fourth-order valence-electron chi connectivity index (χ4n) is 1.41. The SMILES string of the molecule is CN(c1c(Cl)cccc1Cl)S(=O)(=O)c1nc(N)n[nH]1. The Morgan fingerprint density at radius 3 is 2.37 bits per heavy atom. The summed E-state index contributed by atoms with van der Waals surface area (Å²) in [7, 11) is -2.65. The maximum Gasteiger partial charge on any atom is 0.299 e. The van der Waals surface area contributed by atoms with E-state index >= 15 is 0 Å². The molecule has 2 aromatic rings. The average Bonchev–Trinajstić information content (AvgIpc) is 2.76. The van der Waals surface area contributed by atoms with Crippen molar-refractivity contribution < 1.29 is 8.42 Å². The first kappa shape index (κ1) is 13.9. The molecule has 0 aliphatic heterocycles. The number of halogens is 2. The number of sulfonamides is 1. The molecule has 0 fully saturated rings. The van der Waals surface area contributed by atoms with Crippen molar-refractivity contribution in [1.82, 2.24) is 15.2 Å². The maximum atomic E-state index is 12.3.